The molecule has 0 fully saturated rings. The fourth-order valence-corrected chi connectivity index (χ4v) is 1.72. The molecule has 0 radical (unpaired) electrons. The van der Waals surface area contributed by atoms with E-state index >= 15 is 0 Å². The Morgan fingerprint density at radius 2 is 1.27 bits per heavy atom. The van der Waals surface area contributed by atoms with Crippen LogP contribution in [0.4, 0.5) is 0 Å². The summed E-state index contributed by atoms with van der Waals surface area (Å²) in [6, 6.07) is 0. The van der Waals surface area contributed by atoms with E-state index in [1.165, 1.54) is 51.6 Å². The molecule has 0 N–H and O–H groups in total. The maximum atomic E-state index is 4.86. The molecule has 0 aliphatic heterocycles. The predicted octanol–water partition coefficient (Wildman–Crippen LogP) is 4.12. The van der Waals surface area contributed by atoms with Crippen LogP contribution in [0.15, 0.2) is 0 Å². The second-order valence-electron chi connectivity index (χ2n) is 4.71. The Hall–Kier alpha value is -0.0800. The molecular formula is C13H30N2. The summed E-state index contributed by atoms with van der Waals surface area (Å²) >= 11 is 0. The molecule has 0 saturated heterocycles. The Morgan fingerprint density at radius 3 is 1.67 bits per heavy atom. The van der Waals surface area contributed by atoms with Crippen molar-refractivity contribution in [3.05, 3.63) is 5.43 Å². The fourth-order valence-electron chi connectivity index (χ4n) is 1.72. The normalized spacial score (nSPS) is 12.0. The highest BCUT2D eigenvalue weighted by molar-refractivity contribution is 4.64. The van der Waals surface area contributed by atoms with Gasteiger partial charge in [-0.25, -0.2) is 0 Å². The molecule has 0 aliphatic rings. The highest BCUT2D eigenvalue weighted by Crippen LogP contribution is 2.15. The van der Waals surface area contributed by atoms with Crippen LogP contribution in [0.2, 0.25) is 0 Å². The van der Waals surface area contributed by atoms with Gasteiger partial charge >= 0.3 is 0 Å². The van der Waals surface area contributed by atoms with Crippen molar-refractivity contribution in [3.8, 4) is 0 Å². The van der Waals surface area contributed by atoms with Crippen molar-refractivity contribution >= 4 is 0 Å². The minimum absolute atomic E-state index is 0.946. The number of unbranched alkanes of at least 4 members (excludes halogenated alkanes) is 3. The lowest BCUT2D eigenvalue weighted by molar-refractivity contribution is -0.875. The van der Waals surface area contributed by atoms with Gasteiger partial charge in [-0.1, -0.05) is 46.5 Å². The Bertz CT molecular complexity index is 126. The van der Waals surface area contributed by atoms with Crippen molar-refractivity contribution in [2.24, 2.45) is 0 Å². The van der Waals surface area contributed by atoms with Crippen LogP contribution in [0, 0.1) is 0 Å². The number of hydrogen-bond acceptors (Lipinski definition) is 0. The van der Waals surface area contributed by atoms with E-state index in [4.69, 9.17) is 5.43 Å². The maximum Gasteiger partial charge on any atom is 0.0696 e. The number of rotatable bonds is 10. The number of nitrogens with zero attached hydrogens (tertiary/aromatic N) is 2. The van der Waals surface area contributed by atoms with Gasteiger partial charge in [0.1, 0.15) is 0 Å². The average Bonchev–Trinajstić information content (AvgIpc) is 2.24. The van der Waals surface area contributed by atoms with E-state index < -0.39 is 0 Å². The summed E-state index contributed by atoms with van der Waals surface area (Å²) in [5.74, 6) is 0. The third-order valence-corrected chi connectivity index (χ3v) is 2.94. The standard InChI is InChI=1S/C13H30N2/c1-5-8-11-14-15(4,12-9-6-2)13-10-7-3/h5-13H2,1-4H3. The third kappa shape index (κ3) is 7.80. The Kier molecular flexibility index (Phi) is 9.12. The summed E-state index contributed by atoms with van der Waals surface area (Å²) in [7, 11) is 2.29. The summed E-state index contributed by atoms with van der Waals surface area (Å²) in [5.41, 5.74) is 4.86. The van der Waals surface area contributed by atoms with E-state index in [0.29, 0.717) is 0 Å². The van der Waals surface area contributed by atoms with Crippen molar-refractivity contribution in [2.45, 2.75) is 59.3 Å². The quantitative estimate of drug-likeness (QED) is 0.295. The molecule has 0 unspecified atom stereocenters. The average molecular weight is 214 g/mol. The first kappa shape index (κ1) is 14.9. The molecular weight excluding hydrogens is 184 g/mol. The van der Waals surface area contributed by atoms with Gasteiger partial charge in [0.25, 0.3) is 0 Å². The van der Waals surface area contributed by atoms with Crippen LogP contribution >= 0.6 is 0 Å². The minimum atomic E-state index is 0.946. The lowest BCUT2D eigenvalue weighted by Gasteiger charge is -2.46. The SMILES string of the molecule is CCCC[N-][N+](C)(CCCC)CCCC. The van der Waals surface area contributed by atoms with Crippen molar-refractivity contribution in [3.63, 3.8) is 0 Å². The predicted molar refractivity (Wildman–Crippen MR) is 68.9 cm³/mol. The Labute approximate surface area is 96.6 Å². The molecule has 0 rings (SSSR count). The molecule has 0 saturated carbocycles. The molecule has 15 heavy (non-hydrogen) atoms. The zero-order chi connectivity index (χ0) is 11.6. The van der Waals surface area contributed by atoms with Crippen LogP contribution in [-0.4, -0.2) is 31.3 Å². The van der Waals surface area contributed by atoms with E-state index in [-0.39, 0.29) is 0 Å². The van der Waals surface area contributed by atoms with E-state index in [1.807, 2.05) is 0 Å². The summed E-state index contributed by atoms with van der Waals surface area (Å²) < 4.78 is 0.946. The Morgan fingerprint density at radius 1 is 0.800 bits per heavy atom. The smallest absolute Gasteiger partial charge is 0.0696 e. The lowest BCUT2D eigenvalue weighted by atomic mass is 10.2. The highest BCUT2D eigenvalue weighted by Gasteiger charge is 2.10. The van der Waals surface area contributed by atoms with Crippen LogP contribution in [0.5, 0.6) is 0 Å². The summed E-state index contributed by atoms with van der Waals surface area (Å²) in [5, 5.41) is 0. The molecule has 0 aromatic heterocycles. The zero-order valence-electron chi connectivity index (χ0n) is 11.3. The van der Waals surface area contributed by atoms with Gasteiger partial charge in [0, 0.05) is 0 Å². The molecule has 0 heterocycles. The van der Waals surface area contributed by atoms with Gasteiger partial charge in [-0.05, 0) is 12.8 Å². The molecule has 0 spiro atoms. The van der Waals surface area contributed by atoms with Gasteiger partial charge in [-0.3, -0.25) is 0 Å². The van der Waals surface area contributed by atoms with Gasteiger partial charge < -0.3 is 10.0 Å². The summed E-state index contributed by atoms with van der Waals surface area (Å²) in [6.45, 7) is 10.2. The van der Waals surface area contributed by atoms with Crippen molar-refractivity contribution < 1.29 is 4.59 Å². The molecule has 0 aromatic carbocycles. The monoisotopic (exact) mass is 214 g/mol. The molecule has 0 atom stereocenters. The third-order valence-electron chi connectivity index (χ3n) is 2.94. The maximum absolute atomic E-state index is 4.86. The van der Waals surface area contributed by atoms with Gasteiger partial charge in [-0.15, -0.1) is 6.54 Å². The van der Waals surface area contributed by atoms with E-state index in [2.05, 4.69) is 27.8 Å². The van der Waals surface area contributed by atoms with Crippen LogP contribution in [-0.2, 0) is 0 Å². The molecule has 2 heteroatoms. The Balaban J connectivity index is 3.89. The first-order valence-electron chi connectivity index (χ1n) is 6.72. The molecule has 92 valence electrons. The van der Waals surface area contributed by atoms with Gasteiger partial charge in [0.05, 0.1) is 20.1 Å². The first-order valence-corrected chi connectivity index (χ1v) is 6.72. The molecule has 0 aliphatic carbocycles. The van der Waals surface area contributed by atoms with Crippen molar-refractivity contribution in [1.82, 2.24) is 0 Å². The first-order chi connectivity index (χ1) is 7.18. The summed E-state index contributed by atoms with van der Waals surface area (Å²) in [4.78, 5) is 0. The second-order valence-corrected chi connectivity index (χ2v) is 4.71. The largest absolute Gasteiger partial charge is 0.453 e. The van der Waals surface area contributed by atoms with Gasteiger partial charge in [0.15, 0.2) is 0 Å². The van der Waals surface area contributed by atoms with E-state index in [0.717, 1.165) is 11.1 Å². The molecule has 0 bridgehead atoms. The van der Waals surface area contributed by atoms with Crippen LogP contribution in [0.25, 0.3) is 5.43 Å². The van der Waals surface area contributed by atoms with E-state index in [9.17, 15) is 0 Å². The van der Waals surface area contributed by atoms with Gasteiger partial charge in [0.2, 0.25) is 0 Å². The number of quaternary nitrogens is 1. The minimum Gasteiger partial charge on any atom is -0.453 e. The summed E-state index contributed by atoms with van der Waals surface area (Å²) in [6.07, 6.45) is 7.66. The van der Waals surface area contributed by atoms with Crippen LogP contribution in [0.1, 0.15) is 59.3 Å². The molecule has 0 aromatic rings. The molecule has 2 nitrogen and oxygen atoms in total. The van der Waals surface area contributed by atoms with Crippen LogP contribution < -0.4 is 0 Å². The van der Waals surface area contributed by atoms with Crippen molar-refractivity contribution in [2.75, 3.05) is 26.7 Å². The zero-order valence-corrected chi connectivity index (χ0v) is 11.3. The highest BCUT2D eigenvalue weighted by atomic mass is 15.6. The van der Waals surface area contributed by atoms with Crippen LogP contribution in [0.3, 0.4) is 0 Å². The second kappa shape index (κ2) is 9.17. The number of hydrogen-bond donors (Lipinski definition) is 0. The fraction of sp³-hybridized carbons (Fsp3) is 1.00. The van der Waals surface area contributed by atoms with Gasteiger partial charge in [-0.2, -0.15) is 0 Å². The van der Waals surface area contributed by atoms with E-state index in [1.54, 1.807) is 0 Å². The molecule has 0 amide bonds. The topological polar surface area (TPSA) is 14.1 Å². The lowest BCUT2D eigenvalue weighted by Crippen LogP contribution is -2.41. The van der Waals surface area contributed by atoms with Crippen molar-refractivity contribution in [1.29, 1.82) is 0 Å².